The Bertz CT molecular complexity index is 402. The Kier molecular flexibility index (Phi) is 5.61. The molecule has 2 rings (SSSR count). The number of unbranched alkanes of at least 4 members (excludes halogenated alkanes) is 1. The second-order valence-electron chi connectivity index (χ2n) is 6.40. The number of nitrogens with zero attached hydrogens (tertiary/aromatic N) is 3. The van der Waals surface area contributed by atoms with E-state index in [1.165, 1.54) is 24.8 Å². The quantitative estimate of drug-likeness (QED) is 0.802. The smallest absolute Gasteiger partial charge is 0.0729 e. The highest BCUT2D eigenvalue weighted by atomic mass is 16.5. The Morgan fingerprint density at radius 2 is 2.20 bits per heavy atom. The maximum atomic E-state index is 6.26. The van der Waals surface area contributed by atoms with Crippen LogP contribution in [0.1, 0.15) is 45.6 Å². The fourth-order valence-corrected chi connectivity index (χ4v) is 2.85. The Morgan fingerprint density at radius 3 is 2.80 bits per heavy atom. The fourth-order valence-electron chi connectivity index (χ4n) is 2.85. The van der Waals surface area contributed by atoms with Crippen molar-refractivity contribution >= 4 is 0 Å². The summed E-state index contributed by atoms with van der Waals surface area (Å²) in [4.78, 5) is 2.53. The number of morpholine rings is 1. The van der Waals surface area contributed by atoms with Gasteiger partial charge < -0.3 is 4.74 Å². The number of hydrogen-bond acceptors (Lipinski definition) is 3. The molecule has 4 nitrogen and oxygen atoms in total. The monoisotopic (exact) mass is 279 g/mol. The first-order chi connectivity index (χ1) is 9.58. The second kappa shape index (κ2) is 7.23. The van der Waals surface area contributed by atoms with Crippen molar-refractivity contribution in [2.45, 2.75) is 58.8 Å². The summed E-state index contributed by atoms with van der Waals surface area (Å²) in [5.74, 6) is 0.579. The zero-order chi connectivity index (χ0) is 14.5. The first-order valence-corrected chi connectivity index (χ1v) is 7.93. The van der Waals surface area contributed by atoms with E-state index >= 15 is 0 Å². The van der Waals surface area contributed by atoms with Crippen molar-refractivity contribution in [1.82, 2.24) is 14.7 Å². The van der Waals surface area contributed by atoms with Gasteiger partial charge in [0.25, 0.3) is 0 Å². The van der Waals surface area contributed by atoms with Crippen molar-refractivity contribution in [3.63, 3.8) is 0 Å². The molecule has 2 heterocycles. The summed E-state index contributed by atoms with van der Waals surface area (Å²) < 4.78 is 8.14. The molecule has 0 saturated carbocycles. The van der Waals surface area contributed by atoms with E-state index in [4.69, 9.17) is 4.74 Å². The van der Waals surface area contributed by atoms with Gasteiger partial charge in [0.05, 0.1) is 18.4 Å². The number of rotatable bonds is 6. The summed E-state index contributed by atoms with van der Waals surface area (Å²) in [7, 11) is 1.98. The van der Waals surface area contributed by atoms with Crippen molar-refractivity contribution in [3.05, 3.63) is 18.0 Å². The van der Waals surface area contributed by atoms with Gasteiger partial charge in [0.1, 0.15) is 0 Å². The number of aromatic nitrogens is 2. The molecule has 0 bridgehead atoms. The maximum absolute atomic E-state index is 6.26. The van der Waals surface area contributed by atoms with E-state index in [1.807, 2.05) is 17.9 Å². The van der Waals surface area contributed by atoms with Crippen molar-refractivity contribution in [2.24, 2.45) is 13.0 Å². The first-order valence-electron chi connectivity index (χ1n) is 7.93. The van der Waals surface area contributed by atoms with E-state index < -0.39 is 0 Å². The molecule has 0 unspecified atom stereocenters. The summed E-state index contributed by atoms with van der Waals surface area (Å²) >= 11 is 0. The van der Waals surface area contributed by atoms with Gasteiger partial charge in [-0.25, -0.2) is 0 Å². The molecule has 0 aliphatic carbocycles. The van der Waals surface area contributed by atoms with Gasteiger partial charge >= 0.3 is 0 Å². The van der Waals surface area contributed by atoms with Crippen LogP contribution in [-0.4, -0.2) is 40.0 Å². The van der Waals surface area contributed by atoms with Crippen LogP contribution < -0.4 is 0 Å². The van der Waals surface area contributed by atoms with Gasteiger partial charge in [0.15, 0.2) is 0 Å². The molecule has 20 heavy (non-hydrogen) atoms. The largest absolute Gasteiger partial charge is 0.372 e. The van der Waals surface area contributed by atoms with Crippen molar-refractivity contribution < 1.29 is 4.74 Å². The summed E-state index contributed by atoms with van der Waals surface area (Å²) in [6.07, 6.45) is 8.53. The molecule has 0 amide bonds. The lowest BCUT2D eigenvalue weighted by Crippen LogP contribution is -2.48. The topological polar surface area (TPSA) is 30.3 Å². The van der Waals surface area contributed by atoms with Crippen LogP contribution in [0.25, 0.3) is 0 Å². The fraction of sp³-hybridized carbons (Fsp3) is 0.812. The minimum absolute atomic E-state index is 0.363. The second-order valence-corrected chi connectivity index (χ2v) is 6.40. The predicted molar refractivity (Wildman–Crippen MR) is 81.5 cm³/mol. The van der Waals surface area contributed by atoms with Crippen LogP contribution >= 0.6 is 0 Å². The molecule has 1 aliphatic rings. The Hall–Kier alpha value is -0.870. The predicted octanol–water partition coefficient (Wildman–Crippen LogP) is 2.84. The number of aryl methyl sites for hydroxylation is 1. The van der Waals surface area contributed by atoms with Gasteiger partial charge in [-0.05, 0) is 12.3 Å². The number of ether oxygens (including phenoxy) is 1. The summed E-state index contributed by atoms with van der Waals surface area (Å²) in [5.41, 5.74) is 1.30. The van der Waals surface area contributed by atoms with Crippen LogP contribution in [0.4, 0.5) is 0 Å². The van der Waals surface area contributed by atoms with E-state index in [2.05, 4.69) is 37.0 Å². The third-order valence-corrected chi connectivity index (χ3v) is 4.05. The van der Waals surface area contributed by atoms with Crippen LogP contribution in [0.3, 0.4) is 0 Å². The zero-order valence-electron chi connectivity index (χ0n) is 13.4. The van der Waals surface area contributed by atoms with Crippen molar-refractivity contribution in [1.29, 1.82) is 0 Å². The first kappa shape index (κ1) is 15.5. The van der Waals surface area contributed by atoms with Crippen molar-refractivity contribution in [2.75, 3.05) is 13.1 Å². The molecule has 2 atom stereocenters. The molecular formula is C16H29N3O. The normalized spacial score (nSPS) is 24.4. The van der Waals surface area contributed by atoms with E-state index in [0.717, 1.165) is 19.6 Å². The molecule has 0 aromatic carbocycles. The summed E-state index contributed by atoms with van der Waals surface area (Å²) in [6.45, 7) is 9.84. The van der Waals surface area contributed by atoms with Crippen LogP contribution in [0, 0.1) is 5.92 Å². The molecule has 1 aliphatic heterocycles. The molecular weight excluding hydrogens is 250 g/mol. The molecule has 1 aromatic heterocycles. The highest BCUT2D eigenvalue weighted by Crippen LogP contribution is 2.22. The van der Waals surface area contributed by atoms with Gasteiger partial charge in [0, 0.05) is 38.4 Å². The zero-order valence-corrected chi connectivity index (χ0v) is 13.4. The number of hydrogen-bond donors (Lipinski definition) is 0. The van der Waals surface area contributed by atoms with E-state index in [9.17, 15) is 0 Å². The average molecular weight is 279 g/mol. The van der Waals surface area contributed by atoms with Gasteiger partial charge in [-0.2, -0.15) is 5.10 Å². The SMILES string of the molecule is CCCC[C@@H]1CN(Cc2cnn(C)c2)C[C@H](C(C)C)O1. The van der Waals surface area contributed by atoms with Crippen molar-refractivity contribution in [3.8, 4) is 0 Å². The van der Waals surface area contributed by atoms with Gasteiger partial charge in [-0.1, -0.05) is 33.6 Å². The van der Waals surface area contributed by atoms with Gasteiger partial charge in [0.2, 0.25) is 0 Å². The average Bonchev–Trinajstić information content (AvgIpc) is 2.81. The van der Waals surface area contributed by atoms with Gasteiger partial charge in [-0.3, -0.25) is 9.58 Å². The van der Waals surface area contributed by atoms with E-state index in [-0.39, 0.29) is 0 Å². The van der Waals surface area contributed by atoms with Crippen LogP contribution in [-0.2, 0) is 18.3 Å². The minimum Gasteiger partial charge on any atom is -0.372 e. The molecule has 4 heteroatoms. The van der Waals surface area contributed by atoms with E-state index in [0.29, 0.717) is 18.1 Å². The van der Waals surface area contributed by atoms with E-state index in [1.54, 1.807) is 0 Å². The molecule has 0 spiro atoms. The summed E-state index contributed by atoms with van der Waals surface area (Å²) in [5, 5.41) is 4.26. The van der Waals surface area contributed by atoms with Gasteiger partial charge in [-0.15, -0.1) is 0 Å². The standard InChI is InChI=1S/C16H29N3O/c1-5-6-7-15-11-19(12-16(20-15)13(2)3)10-14-8-17-18(4)9-14/h8-9,13,15-16H,5-7,10-12H2,1-4H3/t15-,16-/m1/s1. The lowest BCUT2D eigenvalue weighted by Gasteiger charge is -2.39. The maximum Gasteiger partial charge on any atom is 0.0729 e. The third-order valence-electron chi connectivity index (χ3n) is 4.05. The molecule has 1 fully saturated rings. The lowest BCUT2D eigenvalue weighted by atomic mass is 10.0. The molecule has 114 valence electrons. The lowest BCUT2D eigenvalue weighted by molar-refractivity contribution is -0.108. The van der Waals surface area contributed by atoms with Crippen LogP contribution in [0.15, 0.2) is 12.4 Å². The highest BCUT2D eigenvalue weighted by molar-refractivity contribution is 5.03. The molecule has 0 radical (unpaired) electrons. The Morgan fingerprint density at radius 1 is 1.40 bits per heavy atom. The summed E-state index contributed by atoms with van der Waals surface area (Å²) in [6, 6.07) is 0. The van der Waals surface area contributed by atoms with Crippen LogP contribution in [0.2, 0.25) is 0 Å². The molecule has 0 N–H and O–H groups in total. The Labute approximate surface area is 123 Å². The molecule has 1 aromatic rings. The highest BCUT2D eigenvalue weighted by Gasteiger charge is 2.29. The minimum atomic E-state index is 0.363. The molecule has 1 saturated heterocycles. The van der Waals surface area contributed by atoms with Crippen LogP contribution in [0.5, 0.6) is 0 Å². The Balaban J connectivity index is 1.95. The third kappa shape index (κ3) is 4.32.